The maximum atomic E-state index is 12.3. The van der Waals surface area contributed by atoms with Gasteiger partial charge in [-0.3, -0.25) is 4.79 Å². The van der Waals surface area contributed by atoms with Crippen LogP contribution in [0.15, 0.2) is 24.3 Å². The minimum atomic E-state index is -0.690. The van der Waals surface area contributed by atoms with E-state index in [4.69, 9.17) is 4.74 Å². The van der Waals surface area contributed by atoms with Gasteiger partial charge in [-0.15, -0.1) is 0 Å². The first-order valence-corrected chi connectivity index (χ1v) is 9.50. The quantitative estimate of drug-likeness (QED) is 0.501. The van der Waals surface area contributed by atoms with Crippen molar-refractivity contribution in [2.75, 3.05) is 38.5 Å². The van der Waals surface area contributed by atoms with Crippen LogP contribution in [0.2, 0.25) is 0 Å². The molecule has 1 aromatic rings. The van der Waals surface area contributed by atoms with E-state index in [0.29, 0.717) is 5.69 Å². The number of hydrogen-bond donors (Lipinski definition) is 3. The number of anilines is 1. The first-order chi connectivity index (χ1) is 12.6. The summed E-state index contributed by atoms with van der Waals surface area (Å²) >= 11 is 0. The summed E-state index contributed by atoms with van der Waals surface area (Å²) in [5.41, 5.74) is 1.36. The van der Waals surface area contributed by atoms with Crippen LogP contribution in [0.3, 0.4) is 0 Å². The fourth-order valence-corrected chi connectivity index (χ4v) is 3.03. The molecule has 0 aliphatic carbocycles. The number of amides is 2. The topological polar surface area (TPSA) is 79.5 Å². The number of quaternary nitrogens is 1. The SMILES string of the molecule is CC(NC(=O)OC(C)(C)C)C(=O)Nc1ccc(C[N+]2(C)CCNCC2)cc1.[Br-]. The number of hydrogen-bond acceptors (Lipinski definition) is 4. The van der Waals surface area contributed by atoms with Crippen LogP contribution in [0.4, 0.5) is 10.5 Å². The largest absolute Gasteiger partial charge is 1.00 e. The molecule has 1 aromatic carbocycles. The highest BCUT2D eigenvalue weighted by Crippen LogP contribution is 2.16. The summed E-state index contributed by atoms with van der Waals surface area (Å²) in [4.78, 5) is 24.0. The number of carbonyl (C=O) groups excluding carboxylic acids is 2. The van der Waals surface area contributed by atoms with Crippen molar-refractivity contribution in [1.29, 1.82) is 0 Å². The van der Waals surface area contributed by atoms with Crippen LogP contribution in [0, 0.1) is 0 Å². The standard InChI is InChI=1S/C20H32N4O3.BrH/c1-15(22-19(26)27-20(2,3)4)18(25)23-17-8-6-16(7-9-17)14-24(5)12-10-21-11-13-24;/h6-9,15,21H,10-14H2,1-5H3,(H-,22,23,25,26);1H. The lowest BCUT2D eigenvalue weighted by atomic mass is 10.1. The predicted molar refractivity (Wildman–Crippen MR) is 106 cm³/mol. The van der Waals surface area contributed by atoms with Crippen LogP contribution < -0.4 is 32.9 Å². The van der Waals surface area contributed by atoms with Gasteiger partial charge in [0.2, 0.25) is 5.91 Å². The van der Waals surface area contributed by atoms with Gasteiger partial charge in [0.05, 0.1) is 20.1 Å². The van der Waals surface area contributed by atoms with Crippen molar-refractivity contribution in [2.24, 2.45) is 0 Å². The van der Waals surface area contributed by atoms with E-state index in [2.05, 4.69) is 23.0 Å². The van der Waals surface area contributed by atoms with Crippen molar-refractivity contribution in [3.8, 4) is 0 Å². The number of halogens is 1. The molecule has 0 spiro atoms. The second kappa shape index (κ2) is 10.2. The van der Waals surface area contributed by atoms with Gasteiger partial charge < -0.3 is 42.2 Å². The van der Waals surface area contributed by atoms with E-state index >= 15 is 0 Å². The molecule has 3 N–H and O–H groups in total. The maximum absolute atomic E-state index is 12.3. The zero-order chi connectivity index (χ0) is 20.1. The fourth-order valence-electron chi connectivity index (χ4n) is 3.03. The van der Waals surface area contributed by atoms with Crippen molar-refractivity contribution in [1.82, 2.24) is 10.6 Å². The number of benzene rings is 1. The molecule has 8 heteroatoms. The number of nitrogens with one attached hydrogen (secondary N) is 3. The molecule has 1 heterocycles. The normalized spacial score (nSPS) is 17.0. The van der Waals surface area contributed by atoms with Crippen LogP contribution >= 0.6 is 0 Å². The van der Waals surface area contributed by atoms with E-state index in [1.165, 1.54) is 5.56 Å². The third-order valence-electron chi connectivity index (χ3n) is 4.57. The molecule has 0 radical (unpaired) electrons. The molecule has 2 amide bonds. The van der Waals surface area contributed by atoms with Gasteiger partial charge in [-0.1, -0.05) is 12.1 Å². The number of carbonyl (C=O) groups is 2. The number of piperazine rings is 1. The smallest absolute Gasteiger partial charge is 0.408 e. The monoisotopic (exact) mass is 456 g/mol. The maximum Gasteiger partial charge on any atom is 0.408 e. The van der Waals surface area contributed by atoms with E-state index in [-0.39, 0.29) is 22.9 Å². The molecule has 1 fully saturated rings. The lowest BCUT2D eigenvalue weighted by molar-refractivity contribution is -0.924. The molecule has 1 aliphatic rings. The Bertz CT molecular complexity index is 652. The minimum Gasteiger partial charge on any atom is -1.00 e. The molecule has 1 saturated heterocycles. The zero-order valence-electron chi connectivity index (χ0n) is 17.5. The van der Waals surface area contributed by atoms with Gasteiger partial charge in [-0.25, -0.2) is 4.79 Å². The van der Waals surface area contributed by atoms with Crippen molar-refractivity contribution >= 4 is 17.7 Å². The summed E-state index contributed by atoms with van der Waals surface area (Å²) in [5.74, 6) is -0.283. The predicted octanol–water partition coefficient (Wildman–Crippen LogP) is -0.908. The van der Waals surface area contributed by atoms with E-state index in [1.54, 1.807) is 27.7 Å². The van der Waals surface area contributed by atoms with Crippen LogP contribution in [0.5, 0.6) is 0 Å². The van der Waals surface area contributed by atoms with Crippen molar-refractivity contribution in [2.45, 2.75) is 45.9 Å². The molecule has 158 valence electrons. The molecule has 0 aromatic heterocycles. The number of alkyl carbamates (subject to hydrolysis) is 1. The second-order valence-electron chi connectivity index (χ2n) is 8.53. The average Bonchev–Trinajstić information content (AvgIpc) is 2.55. The Morgan fingerprint density at radius 2 is 1.75 bits per heavy atom. The van der Waals surface area contributed by atoms with E-state index in [1.807, 2.05) is 24.3 Å². The molecule has 28 heavy (non-hydrogen) atoms. The van der Waals surface area contributed by atoms with Gasteiger partial charge in [-0.05, 0) is 39.8 Å². The first-order valence-electron chi connectivity index (χ1n) is 9.50. The van der Waals surface area contributed by atoms with Crippen molar-refractivity contribution in [3.05, 3.63) is 29.8 Å². The molecule has 7 nitrogen and oxygen atoms in total. The zero-order valence-corrected chi connectivity index (χ0v) is 19.1. The third kappa shape index (κ3) is 8.16. The second-order valence-corrected chi connectivity index (χ2v) is 8.53. The number of likely N-dealkylation sites (N-methyl/N-ethyl adjacent to an activating group) is 1. The Morgan fingerprint density at radius 1 is 1.18 bits per heavy atom. The highest BCUT2D eigenvalue weighted by atomic mass is 79.9. The van der Waals surface area contributed by atoms with E-state index in [9.17, 15) is 9.59 Å². The number of ether oxygens (including phenoxy) is 1. The van der Waals surface area contributed by atoms with Gasteiger partial charge in [0.1, 0.15) is 18.2 Å². The Morgan fingerprint density at radius 3 is 2.29 bits per heavy atom. The third-order valence-corrected chi connectivity index (χ3v) is 4.57. The molecule has 1 aliphatic heterocycles. The molecular weight excluding hydrogens is 424 g/mol. The van der Waals surface area contributed by atoms with Gasteiger partial charge in [0.25, 0.3) is 0 Å². The van der Waals surface area contributed by atoms with E-state index < -0.39 is 17.7 Å². The molecule has 0 saturated carbocycles. The lowest BCUT2D eigenvalue weighted by Crippen LogP contribution is -3.00. The van der Waals surface area contributed by atoms with Gasteiger partial charge in [-0.2, -0.15) is 0 Å². The van der Waals surface area contributed by atoms with Crippen LogP contribution in [0.1, 0.15) is 33.3 Å². The highest BCUT2D eigenvalue weighted by Gasteiger charge is 2.25. The lowest BCUT2D eigenvalue weighted by Gasteiger charge is -2.38. The summed E-state index contributed by atoms with van der Waals surface area (Å²) in [6.07, 6.45) is -0.603. The summed E-state index contributed by atoms with van der Waals surface area (Å²) in [6, 6.07) is 7.22. The summed E-state index contributed by atoms with van der Waals surface area (Å²) in [5, 5.41) is 8.76. The van der Waals surface area contributed by atoms with Crippen LogP contribution in [-0.2, 0) is 16.1 Å². The van der Waals surface area contributed by atoms with Crippen molar-refractivity contribution < 1.29 is 35.8 Å². The molecule has 2 rings (SSSR count). The summed E-state index contributed by atoms with van der Waals surface area (Å²) in [6.45, 7) is 12.3. The molecular formula is C20H33BrN4O3. The van der Waals surface area contributed by atoms with Crippen LogP contribution in [0.25, 0.3) is 0 Å². The number of nitrogens with zero attached hydrogens (tertiary/aromatic N) is 1. The molecule has 1 unspecified atom stereocenters. The Labute approximate surface area is 178 Å². The van der Waals surface area contributed by atoms with E-state index in [0.717, 1.165) is 37.2 Å². The first kappa shape index (κ1) is 24.4. The Hall–Kier alpha value is -1.64. The Balaban J connectivity index is 0.00000392. The van der Waals surface area contributed by atoms with Gasteiger partial charge in [0.15, 0.2) is 0 Å². The fraction of sp³-hybridized carbons (Fsp3) is 0.600. The van der Waals surface area contributed by atoms with Gasteiger partial charge in [0, 0.05) is 24.3 Å². The summed E-state index contributed by atoms with van der Waals surface area (Å²) in [7, 11) is 2.28. The Kier molecular flexibility index (Phi) is 8.91. The van der Waals surface area contributed by atoms with Crippen molar-refractivity contribution in [3.63, 3.8) is 0 Å². The highest BCUT2D eigenvalue weighted by molar-refractivity contribution is 5.96. The van der Waals surface area contributed by atoms with Gasteiger partial charge >= 0.3 is 6.09 Å². The molecule has 1 atom stereocenters. The average molecular weight is 457 g/mol. The molecule has 0 bridgehead atoms. The van der Waals surface area contributed by atoms with Crippen LogP contribution in [-0.4, -0.2) is 61.4 Å². The summed E-state index contributed by atoms with van der Waals surface area (Å²) < 4.78 is 6.19. The minimum absolute atomic E-state index is 0. The number of rotatable bonds is 5.